The fraction of sp³-hybridized carbons (Fsp3) is 0.400. The first-order chi connectivity index (χ1) is 11.6. The molecule has 0 saturated carbocycles. The van der Waals surface area contributed by atoms with Crippen LogP contribution >= 0.6 is 11.3 Å². The monoisotopic (exact) mass is 350 g/mol. The van der Waals surface area contributed by atoms with Crippen molar-refractivity contribution in [2.75, 3.05) is 11.9 Å². The first-order valence-corrected chi connectivity index (χ1v) is 8.61. The molecular formula is C15H22N6O2S. The molecule has 24 heavy (non-hydrogen) atoms. The minimum Gasteiger partial charge on any atom is -0.458 e. The lowest BCUT2D eigenvalue weighted by atomic mass is 10.2. The van der Waals surface area contributed by atoms with Crippen LogP contribution in [-0.2, 0) is 6.54 Å². The van der Waals surface area contributed by atoms with E-state index in [-0.39, 0.29) is 6.54 Å². The van der Waals surface area contributed by atoms with E-state index in [0.29, 0.717) is 34.9 Å². The Morgan fingerprint density at radius 1 is 1.38 bits per heavy atom. The molecule has 0 atom stereocenters. The predicted octanol–water partition coefficient (Wildman–Crippen LogP) is 2.49. The number of carbonyl (C=O) groups is 1. The van der Waals surface area contributed by atoms with Crippen molar-refractivity contribution in [3.05, 3.63) is 23.3 Å². The number of hydrogen-bond acceptors (Lipinski definition) is 5. The number of guanidine groups is 1. The minimum absolute atomic E-state index is 0.238. The Morgan fingerprint density at radius 3 is 2.96 bits per heavy atom. The van der Waals surface area contributed by atoms with Gasteiger partial charge in [0.05, 0.1) is 6.54 Å². The van der Waals surface area contributed by atoms with Gasteiger partial charge < -0.3 is 26.5 Å². The van der Waals surface area contributed by atoms with Gasteiger partial charge in [0.2, 0.25) is 0 Å². The van der Waals surface area contributed by atoms with Crippen molar-refractivity contribution in [1.29, 1.82) is 0 Å². The molecule has 130 valence electrons. The summed E-state index contributed by atoms with van der Waals surface area (Å²) >= 11 is 1.41. The molecule has 8 nitrogen and oxygen atoms in total. The normalized spacial score (nSPS) is 11.5. The Bertz CT molecular complexity index is 694. The molecule has 0 bridgehead atoms. The van der Waals surface area contributed by atoms with Crippen LogP contribution in [0.4, 0.5) is 9.93 Å². The standard InChI is InChI=1S/C15H22N6O2S/c1-2-3-4-7-18-13(16)21-15-20-11(9-24-15)12-6-5-10(23-12)8-19-14(17)22/h5-6,9H,2-4,7-8H2,1H3,(H3,17,19,22)(H3,16,18,20,21). The SMILES string of the molecule is CCCCCN=C(N)Nc1nc(-c2ccc(CNC(N)=O)o2)cs1. The number of thiazole rings is 1. The van der Waals surface area contributed by atoms with Crippen LogP contribution < -0.4 is 22.1 Å². The van der Waals surface area contributed by atoms with E-state index in [1.54, 1.807) is 12.1 Å². The van der Waals surface area contributed by atoms with Gasteiger partial charge in [-0.1, -0.05) is 19.8 Å². The lowest BCUT2D eigenvalue weighted by Crippen LogP contribution is -2.28. The van der Waals surface area contributed by atoms with Gasteiger partial charge in [-0.05, 0) is 18.6 Å². The molecule has 0 aliphatic carbocycles. The molecule has 2 amide bonds. The van der Waals surface area contributed by atoms with Gasteiger partial charge in [-0.15, -0.1) is 11.3 Å². The molecule has 0 unspecified atom stereocenters. The quantitative estimate of drug-likeness (QED) is 0.330. The fourth-order valence-corrected chi connectivity index (χ4v) is 2.65. The largest absolute Gasteiger partial charge is 0.458 e. The second-order valence-corrected chi connectivity index (χ2v) is 5.98. The van der Waals surface area contributed by atoms with E-state index in [1.165, 1.54) is 11.3 Å². The molecule has 6 N–H and O–H groups in total. The third kappa shape index (κ3) is 5.58. The molecule has 0 aliphatic heterocycles. The van der Waals surface area contributed by atoms with E-state index in [9.17, 15) is 4.79 Å². The number of unbranched alkanes of at least 4 members (excludes halogenated alkanes) is 2. The van der Waals surface area contributed by atoms with Crippen LogP contribution in [0, 0.1) is 0 Å². The van der Waals surface area contributed by atoms with Crippen LogP contribution in [-0.4, -0.2) is 23.5 Å². The summed E-state index contributed by atoms with van der Waals surface area (Å²) in [6.45, 7) is 3.09. The molecule has 2 aromatic heterocycles. The Morgan fingerprint density at radius 2 is 2.21 bits per heavy atom. The number of primary amides is 1. The zero-order valence-electron chi connectivity index (χ0n) is 13.5. The highest BCUT2D eigenvalue weighted by atomic mass is 32.1. The maximum atomic E-state index is 10.7. The summed E-state index contributed by atoms with van der Waals surface area (Å²) in [6.07, 6.45) is 3.32. The van der Waals surface area contributed by atoms with Crippen LogP contribution in [0.1, 0.15) is 31.9 Å². The number of furan rings is 1. The van der Waals surface area contributed by atoms with Gasteiger partial charge in [-0.25, -0.2) is 9.78 Å². The topological polar surface area (TPSA) is 132 Å². The predicted molar refractivity (Wildman–Crippen MR) is 95.9 cm³/mol. The first-order valence-electron chi connectivity index (χ1n) is 7.73. The zero-order valence-corrected chi connectivity index (χ0v) is 14.4. The molecule has 9 heteroatoms. The highest BCUT2D eigenvalue weighted by Crippen LogP contribution is 2.26. The molecule has 0 spiro atoms. The summed E-state index contributed by atoms with van der Waals surface area (Å²) in [6, 6.07) is 2.96. The van der Waals surface area contributed by atoms with Crippen molar-refractivity contribution in [1.82, 2.24) is 10.3 Å². The van der Waals surface area contributed by atoms with E-state index >= 15 is 0 Å². The third-order valence-corrected chi connectivity index (χ3v) is 3.89. The zero-order chi connectivity index (χ0) is 17.4. The van der Waals surface area contributed by atoms with Gasteiger partial charge in [-0.2, -0.15) is 0 Å². The lowest BCUT2D eigenvalue weighted by molar-refractivity contribution is 0.247. The van der Waals surface area contributed by atoms with E-state index in [4.69, 9.17) is 15.9 Å². The van der Waals surface area contributed by atoms with Crippen LogP contribution in [0.2, 0.25) is 0 Å². The van der Waals surface area contributed by atoms with Crippen LogP contribution in [0.3, 0.4) is 0 Å². The van der Waals surface area contributed by atoms with Crippen molar-refractivity contribution >= 4 is 28.5 Å². The van der Waals surface area contributed by atoms with E-state index in [2.05, 4.69) is 27.5 Å². The molecule has 0 saturated heterocycles. The summed E-state index contributed by atoms with van der Waals surface area (Å²) in [7, 11) is 0. The Hall–Kier alpha value is -2.55. The van der Waals surface area contributed by atoms with Crippen molar-refractivity contribution < 1.29 is 9.21 Å². The highest BCUT2D eigenvalue weighted by Gasteiger charge is 2.10. The second kappa shape index (κ2) is 8.92. The summed E-state index contributed by atoms with van der Waals surface area (Å²) < 4.78 is 5.61. The molecule has 0 fully saturated rings. The Labute approximate surface area is 144 Å². The number of aliphatic imine (C=N–C) groups is 1. The average Bonchev–Trinajstić information content (AvgIpc) is 3.18. The molecule has 2 heterocycles. The number of hydrogen-bond donors (Lipinski definition) is 4. The number of urea groups is 1. The highest BCUT2D eigenvalue weighted by molar-refractivity contribution is 7.14. The maximum absolute atomic E-state index is 10.7. The van der Waals surface area contributed by atoms with Crippen molar-refractivity contribution in [3.8, 4) is 11.5 Å². The van der Waals surface area contributed by atoms with Gasteiger partial charge in [0.15, 0.2) is 16.9 Å². The molecule has 2 rings (SSSR count). The van der Waals surface area contributed by atoms with Crippen molar-refractivity contribution in [2.24, 2.45) is 16.5 Å². The number of carbonyl (C=O) groups excluding carboxylic acids is 1. The second-order valence-electron chi connectivity index (χ2n) is 5.12. The van der Waals surface area contributed by atoms with Gasteiger partial charge in [0.1, 0.15) is 11.5 Å². The first kappa shape index (κ1) is 17.8. The number of aromatic nitrogens is 1. The van der Waals surface area contributed by atoms with Crippen molar-refractivity contribution in [2.45, 2.75) is 32.7 Å². The average molecular weight is 350 g/mol. The molecule has 0 aliphatic rings. The number of nitrogens with one attached hydrogen (secondary N) is 2. The van der Waals surface area contributed by atoms with Crippen LogP contribution in [0.25, 0.3) is 11.5 Å². The lowest BCUT2D eigenvalue weighted by Gasteiger charge is -2.01. The Balaban J connectivity index is 1.91. The third-order valence-electron chi connectivity index (χ3n) is 3.13. The van der Waals surface area contributed by atoms with Gasteiger partial charge in [0.25, 0.3) is 0 Å². The molecule has 2 aromatic rings. The summed E-state index contributed by atoms with van der Waals surface area (Å²) in [5.41, 5.74) is 11.6. The molecular weight excluding hydrogens is 328 g/mol. The van der Waals surface area contributed by atoms with Crippen LogP contribution in [0.15, 0.2) is 26.9 Å². The van der Waals surface area contributed by atoms with Crippen molar-refractivity contribution in [3.63, 3.8) is 0 Å². The summed E-state index contributed by atoms with van der Waals surface area (Å²) in [5.74, 6) is 1.57. The number of amides is 2. The number of nitrogens with two attached hydrogens (primary N) is 2. The maximum Gasteiger partial charge on any atom is 0.312 e. The number of anilines is 1. The smallest absolute Gasteiger partial charge is 0.312 e. The molecule has 0 aromatic carbocycles. The van der Waals surface area contributed by atoms with E-state index < -0.39 is 6.03 Å². The van der Waals surface area contributed by atoms with Crippen LogP contribution in [0.5, 0.6) is 0 Å². The van der Waals surface area contributed by atoms with Gasteiger partial charge >= 0.3 is 6.03 Å². The summed E-state index contributed by atoms with van der Waals surface area (Å²) in [5, 5.41) is 7.95. The summed E-state index contributed by atoms with van der Waals surface area (Å²) in [4.78, 5) is 19.4. The minimum atomic E-state index is -0.596. The number of rotatable bonds is 8. The van der Waals surface area contributed by atoms with Gasteiger partial charge in [-0.3, -0.25) is 4.99 Å². The molecule has 0 radical (unpaired) electrons. The Kier molecular flexibility index (Phi) is 6.62. The fourth-order valence-electron chi connectivity index (χ4n) is 1.94. The van der Waals surface area contributed by atoms with Gasteiger partial charge in [0, 0.05) is 11.9 Å². The van der Waals surface area contributed by atoms with E-state index in [0.717, 1.165) is 19.3 Å². The van der Waals surface area contributed by atoms with E-state index in [1.807, 2.05) is 5.38 Å². The number of nitrogens with zero attached hydrogens (tertiary/aromatic N) is 2.